The second-order valence-electron chi connectivity index (χ2n) is 1.37. The zero-order valence-electron chi connectivity index (χ0n) is 3.87. The Hall–Kier alpha value is -0.760. The van der Waals surface area contributed by atoms with Gasteiger partial charge in [0.25, 0.3) is 0 Å². The van der Waals surface area contributed by atoms with Crippen LogP contribution >= 0.6 is 0 Å². The van der Waals surface area contributed by atoms with Gasteiger partial charge in [-0.1, -0.05) is 0 Å². The van der Waals surface area contributed by atoms with Crippen molar-refractivity contribution in [2.45, 2.75) is 6.04 Å². The molecule has 0 fully saturated rings. The minimum Gasteiger partial charge on any atom is -0.473 e. The lowest BCUT2D eigenvalue weighted by Crippen LogP contribution is -2.14. The summed E-state index contributed by atoms with van der Waals surface area (Å²) in [5.74, 6) is 0. The lowest BCUT2D eigenvalue weighted by Gasteiger charge is -2.01. The molecule has 1 rings (SSSR count). The number of hydrogen-bond donors (Lipinski definition) is 1. The monoisotopic (exact) mass is 97.1 g/mol. The van der Waals surface area contributed by atoms with Gasteiger partial charge in [-0.15, -0.1) is 0 Å². The van der Waals surface area contributed by atoms with E-state index in [0.29, 0.717) is 0 Å². The Morgan fingerprint density at radius 2 is 1.86 bits per heavy atom. The van der Waals surface area contributed by atoms with Crippen molar-refractivity contribution in [2.24, 2.45) is 5.73 Å². The van der Waals surface area contributed by atoms with Crippen molar-refractivity contribution in [3.8, 4) is 0 Å². The summed E-state index contributed by atoms with van der Waals surface area (Å²) in [7, 11) is 0. The Morgan fingerprint density at radius 3 is 2.14 bits per heavy atom. The predicted molar refractivity (Wildman–Crippen MR) is 27.3 cm³/mol. The molecule has 0 saturated heterocycles. The minimum absolute atomic E-state index is 0.0498. The molecule has 2 N–H and O–H groups in total. The van der Waals surface area contributed by atoms with Crippen LogP contribution in [0.25, 0.3) is 0 Å². The molecule has 0 radical (unpaired) electrons. The summed E-state index contributed by atoms with van der Waals surface area (Å²) in [6.45, 7) is 0. The summed E-state index contributed by atoms with van der Waals surface area (Å²) in [4.78, 5) is 0. The van der Waals surface area contributed by atoms with Gasteiger partial charge in [0.05, 0.1) is 12.5 Å². The van der Waals surface area contributed by atoms with Crippen LogP contribution in [0.5, 0.6) is 0 Å². The van der Waals surface area contributed by atoms with Gasteiger partial charge in [0, 0.05) is 6.04 Å². The molecule has 0 aromatic rings. The standard InChI is InChI=1S/C5H7NO/c6-5-1-3-7-4-2-5/h1-5H,6H2. The maximum Gasteiger partial charge on any atom is 0.0880 e. The quantitative estimate of drug-likeness (QED) is 0.474. The first-order chi connectivity index (χ1) is 3.39. The number of hydrogen-bond acceptors (Lipinski definition) is 2. The number of rotatable bonds is 0. The SMILES string of the molecule is NC1C=COC=C1. The lowest BCUT2D eigenvalue weighted by atomic mass is 10.3. The molecule has 1 aliphatic heterocycles. The van der Waals surface area contributed by atoms with Crippen LogP contribution in [-0.4, -0.2) is 6.04 Å². The molecule has 0 atom stereocenters. The van der Waals surface area contributed by atoms with Gasteiger partial charge >= 0.3 is 0 Å². The summed E-state index contributed by atoms with van der Waals surface area (Å²) in [6, 6.07) is 0.0498. The Labute approximate surface area is 42.3 Å². The number of ether oxygens (including phenoxy) is 1. The van der Waals surface area contributed by atoms with E-state index in [-0.39, 0.29) is 6.04 Å². The van der Waals surface area contributed by atoms with Crippen molar-refractivity contribution < 1.29 is 4.74 Å². The number of nitrogens with two attached hydrogens (primary N) is 1. The zero-order valence-corrected chi connectivity index (χ0v) is 3.87. The molecule has 7 heavy (non-hydrogen) atoms. The second-order valence-corrected chi connectivity index (χ2v) is 1.37. The Bertz CT molecular complexity index is 94.6. The van der Waals surface area contributed by atoms with Crippen molar-refractivity contribution in [3.05, 3.63) is 24.7 Å². The molecule has 2 heteroatoms. The molecular formula is C5H7NO. The first-order valence-electron chi connectivity index (χ1n) is 2.14. The summed E-state index contributed by atoms with van der Waals surface area (Å²) in [5.41, 5.74) is 5.38. The van der Waals surface area contributed by atoms with Gasteiger partial charge in [-0.3, -0.25) is 0 Å². The highest BCUT2D eigenvalue weighted by Gasteiger charge is 1.91. The fraction of sp³-hybridized carbons (Fsp3) is 0.200. The van der Waals surface area contributed by atoms with Crippen molar-refractivity contribution in [1.29, 1.82) is 0 Å². The zero-order chi connectivity index (χ0) is 5.11. The fourth-order valence-corrected chi connectivity index (χ4v) is 0.382. The van der Waals surface area contributed by atoms with Gasteiger partial charge in [0.1, 0.15) is 0 Å². The van der Waals surface area contributed by atoms with Gasteiger partial charge in [-0.25, -0.2) is 0 Å². The fourth-order valence-electron chi connectivity index (χ4n) is 0.382. The highest BCUT2D eigenvalue weighted by Crippen LogP contribution is 1.93. The smallest absolute Gasteiger partial charge is 0.0880 e. The van der Waals surface area contributed by atoms with E-state index in [1.807, 2.05) is 0 Å². The summed E-state index contributed by atoms with van der Waals surface area (Å²) < 4.78 is 4.70. The molecule has 0 amide bonds. The molecule has 0 saturated carbocycles. The average molecular weight is 97.1 g/mol. The van der Waals surface area contributed by atoms with E-state index in [4.69, 9.17) is 10.5 Å². The lowest BCUT2D eigenvalue weighted by molar-refractivity contribution is 0.390. The van der Waals surface area contributed by atoms with E-state index < -0.39 is 0 Å². The van der Waals surface area contributed by atoms with Gasteiger partial charge in [0.15, 0.2) is 0 Å². The van der Waals surface area contributed by atoms with Crippen molar-refractivity contribution >= 4 is 0 Å². The first-order valence-corrected chi connectivity index (χ1v) is 2.14. The predicted octanol–water partition coefficient (Wildman–Crippen LogP) is 0.371. The Kier molecular flexibility index (Phi) is 1.13. The van der Waals surface area contributed by atoms with Gasteiger partial charge in [0.2, 0.25) is 0 Å². The average Bonchev–Trinajstić information content (AvgIpc) is 1.69. The summed E-state index contributed by atoms with van der Waals surface area (Å²) in [5, 5.41) is 0. The van der Waals surface area contributed by atoms with Crippen LogP contribution in [0.2, 0.25) is 0 Å². The van der Waals surface area contributed by atoms with Gasteiger partial charge in [-0.2, -0.15) is 0 Å². The summed E-state index contributed by atoms with van der Waals surface area (Å²) in [6.07, 6.45) is 6.70. The molecule has 0 aromatic heterocycles. The van der Waals surface area contributed by atoms with Crippen LogP contribution in [0.3, 0.4) is 0 Å². The first kappa shape index (κ1) is 4.40. The normalized spacial score (nSPS) is 19.6. The highest BCUT2D eigenvalue weighted by molar-refractivity contribution is 5.04. The van der Waals surface area contributed by atoms with Crippen LogP contribution in [0.1, 0.15) is 0 Å². The van der Waals surface area contributed by atoms with E-state index in [0.717, 1.165) is 0 Å². The molecule has 0 aliphatic carbocycles. The second kappa shape index (κ2) is 1.80. The molecule has 0 unspecified atom stereocenters. The van der Waals surface area contributed by atoms with Crippen molar-refractivity contribution in [3.63, 3.8) is 0 Å². The van der Waals surface area contributed by atoms with E-state index in [2.05, 4.69) is 0 Å². The molecule has 0 bridgehead atoms. The van der Waals surface area contributed by atoms with E-state index in [1.165, 1.54) is 0 Å². The molecule has 1 aliphatic rings. The van der Waals surface area contributed by atoms with Crippen LogP contribution in [0.4, 0.5) is 0 Å². The minimum atomic E-state index is 0.0498. The molecule has 0 aromatic carbocycles. The third kappa shape index (κ3) is 1.05. The Morgan fingerprint density at radius 1 is 1.29 bits per heavy atom. The maximum atomic E-state index is 5.38. The van der Waals surface area contributed by atoms with Crippen molar-refractivity contribution in [2.75, 3.05) is 0 Å². The topological polar surface area (TPSA) is 35.2 Å². The van der Waals surface area contributed by atoms with E-state index in [1.54, 1.807) is 24.7 Å². The highest BCUT2D eigenvalue weighted by atomic mass is 16.5. The molecular weight excluding hydrogens is 90.1 g/mol. The molecule has 38 valence electrons. The Balaban J connectivity index is 2.49. The molecule has 2 nitrogen and oxygen atoms in total. The van der Waals surface area contributed by atoms with E-state index in [9.17, 15) is 0 Å². The largest absolute Gasteiger partial charge is 0.473 e. The third-order valence-electron chi connectivity index (χ3n) is 0.759. The van der Waals surface area contributed by atoms with Gasteiger partial charge < -0.3 is 10.5 Å². The molecule has 1 heterocycles. The van der Waals surface area contributed by atoms with Crippen LogP contribution in [0, 0.1) is 0 Å². The summed E-state index contributed by atoms with van der Waals surface area (Å²) >= 11 is 0. The molecule has 0 spiro atoms. The van der Waals surface area contributed by atoms with Gasteiger partial charge in [-0.05, 0) is 12.2 Å². The van der Waals surface area contributed by atoms with Crippen LogP contribution in [-0.2, 0) is 4.74 Å². The maximum absolute atomic E-state index is 5.38. The van der Waals surface area contributed by atoms with Crippen LogP contribution < -0.4 is 5.73 Å². The van der Waals surface area contributed by atoms with Crippen LogP contribution in [0.15, 0.2) is 24.7 Å². The van der Waals surface area contributed by atoms with E-state index >= 15 is 0 Å². The third-order valence-corrected chi connectivity index (χ3v) is 0.759. The van der Waals surface area contributed by atoms with Crippen molar-refractivity contribution in [1.82, 2.24) is 0 Å².